The molecule has 0 saturated heterocycles. The van der Waals surface area contributed by atoms with Gasteiger partial charge in [0.15, 0.2) is 0 Å². The predicted octanol–water partition coefficient (Wildman–Crippen LogP) is 2.57. The van der Waals surface area contributed by atoms with E-state index in [0.29, 0.717) is 11.8 Å². The highest BCUT2D eigenvalue weighted by atomic mass is 16.1. The number of hydrogen-bond acceptors (Lipinski definition) is 1. The molecule has 0 N–H and O–H groups in total. The zero-order chi connectivity index (χ0) is 8.39. The molecule has 0 spiro atoms. The van der Waals surface area contributed by atoms with Gasteiger partial charge < -0.3 is 4.79 Å². The third kappa shape index (κ3) is 1.33. The molecule has 0 aromatic rings. The van der Waals surface area contributed by atoms with E-state index in [2.05, 4.69) is 12.2 Å². The second kappa shape index (κ2) is 3.42. The summed E-state index contributed by atoms with van der Waals surface area (Å²) in [6, 6.07) is 0. The van der Waals surface area contributed by atoms with Gasteiger partial charge in [-0.3, -0.25) is 0 Å². The van der Waals surface area contributed by atoms with E-state index in [-0.39, 0.29) is 0 Å². The molecule has 1 saturated carbocycles. The average Bonchev–Trinajstić information content (AvgIpc) is 2.17. The molecule has 1 fully saturated rings. The Morgan fingerprint density at radius 3 is 2.92 bits per heavy atom. The molecular weight excluding hydrogens is 148 g/mol. The fourth-order valence-electron chi connectivity index (χ4n) is 2.70. The van der Waals surface area contributed by atoms with Crippen LogP contribution in [0.1, 0.15) is 32.1 Å². The second-order valence-electron chi connectivity index (χ2n) is 4.08. The summed E-state index contributed by atoms with van der Waals surface area (Å²) >= 11 is 0. The third-order valence-corrected chi connectivity index (χ3v) is 3.39. The van der Waals surface area contributed by atoms with Gasteiger partial charge in [-0.15, -0.1) is 0 Å². The maximum Gasteiger partial charge on any atom is 0.123 e. The molecule has 0 radical (unpaired) electrons. The number of aldehydes is 1. The lowest BCUT2D eigenvalue weighted by molar-refractivity contribution is -0.113. The fourth-order valence-corrected chi connectivity index (χ4v) is 2.70. The van der Waals surface area contributed by atoms with Gasteiger partial charge in [-0.05, 0) is 31.1 Å². The number of carbonyl (C=O) groups excluding carboxylic acids is 1. The van der Waals surface area contributed by atoms with Crippen molar-refractivity contribution in [3.8, 4) is 0 Å². The zero-order valence-electron chi connectivity index (χ0n) is 7.41. The molecule has 12 heavy (non-hydrogen) atoms. The zero-order valence-corrected chi connectivity index (χ0v) is 7.41. The van der Waals surface area contributed by atoms with E-state index in [9.17, 15) is 4.79 Å². The molecule has 2 aliphatic carbocycles. The molecule has 2 rings (SSSR count). The van der Waals surface area contributed by atoms with Crippen LogP contribution in [0.25, 0.3) is 0 Å². The lowest BCUT2D eigenvalue weighted by atomic mass is 9.69. The molecule has 2 aliphatic rings. The van der Waals surface area contributed by atoms with Gasteiger partial charge in [-0.1, -0.05) is 25.0 Å². The molecule has 3 atom stereocenters. The van der Waals surface area contributed by atoms with Gasteiger partial charge in [0.25, 0.3) is 0 Å². The van der Waals surface area contributed by atoms with E-state index in [0.717, 1.165) is 12.3 Å². The highest BCUT2D eigenvalue weighted by molar-refractivity contribution is 5.55. The first-order valence-corrected chi connectivity index (χ1v) is 5.04. The Kier molecular flexibility index (Phi) is 2.29. The Bertz CT molecular complexity index is 195. The summed E-state index contributed by atoms with van der Waals surface area (Å²) in [5.74, 6) is 1.74. The first-order chi connectivity index (χ1) is 5.92. The van der Waals surface area contributed by atoms with Crippen molar-refractivity contribution in [1.82, 2.24) is 0 Å². The van der Waals surface area contributed by atoms with Crippen LogP contribution in [0.2, 0.25) is 0 Å². The van der Waals surface area contributed by atoms with Crippen molar-refractivity contribution in [1.29, 1.82) is 0 Å². The van der Waals surface area contributed by atoms with Crippen molar-refractivity contribution in [2.45, 2.75) is 32.1 Å². The molecule has 0 aromatic carbocycles. The molecule has 1 nitrogen and oxygen atoms in total. The van der Waals surface area contributed by atoms with E-state index in [1.165, 1.54) is 32.0 Å². The van der Waals surface area contributed by atoms with Gasteiger partial charge in [-0.25, -0.2) is 0 Å². The summed E-state index contributed by atoms with van der Waals surface area (Å²) in [7, 11) is 0. The summed E-state index contributed by atoms with van der Waals surface area (Å²) in [4.78, 5) is 10.8. The minimum atomic E-state index is 0.334. The molecule has 0 heterocycles. The van der Waals surface area contributed by atoms with E-state index >= 15 is 0 Å². The van der Waals surface area contributed by atoms with Crippen molar-refractivity contribution in [3.05, 3.63) is 12.2 Å². The maximum atomic E-state index is 10.8. The largest absolute Gasteiger partial charge is 0.303 e. The standard InChI is InChI=1S/C11H16O/c12-8-10-6-3-5-9-4-1-2-7-11(9)10/h3,5,8-11H,1-2,4,6-7H2. The summed E-state index contributed by atoms with van der Waals surface area (Å²) in [5, 5.41) is 0. The number of allylic oxidation sites excluding steroid dienone is 2. The van der Waals surface area contributed by atoms with Gasteiger partial charge in [-0.2, -0.15) is 0 Å². The van der Waals surface area contributed by atoms with Crippen LogP contribution in [-0.4, -0.2) is 6.29 Å². The van der Waals surface area contributed by atoms with Crippen LogP contribution in [0.4, 0.5) is 0 Å². The minimum absolute atomic E-state index is 0.334. The van der Waals surface area contributed by atoms with Crippen LogP contribution in [0.15, 0.2) is 12.2 Å². The van der Waals surface area contributed by atoms with Gasteiger partial charge in [0.1, 0.15) is 6.29 Å². The number of fused-ring (bicyclic) bond motifs is 1. The van der Waals surface area contributed by atoms with Crippen LogP contribution in [0.3, 0.4) is 0 Å². The monoisotopic (exact) mass is 164 g/mol. The molecule has 0 aliphatic heterocycles. The van der Waals surface area contributed by atoms with Crippen molar-refractivity contribution < 1.29 is 4.79 Å². The Hall–Kier alpha value is -0.590. The summed E-state index contributed by atoms with van der Waals surface area (Å²) in [6.45, 7) is 0. The SMILES string of the molecule is O=CC1CC=CC2CCCCC12. The third-order valence-electron chi connectivity index (χ3n) is 3.39. The lowest BCUT2D eigenvalue weighted by Crippen LogP contribution is -2.28. The van der Waals surface area contributed by atoms with Crippen LogP contribution in [-0.2, 0) is 4.79 Å². The summed E-state index contributed by atoms with van der Waals surface area (Å²) in [5.41, 5.74) is 0. The Balaban J connectivity index is 2.12. The first kappa shape index (κ1) is 8.03. The molecule has 0 aromatic heterocycles. The van der Waals surface area contributed by atoms with E-state index in [1.54, 1.807) is 0 Å². The second-order valence-corrected chi connectivity index (χ2v) is 4.08. The number of hydrogen-bond donors (Lipinski definition) is 0. The van der Waals surface area contributed by atoms with Crippen molar-refractivity contribution >= 4 is 6.29 Å². The van der Waals surface area contributed by atoms with Crippen molar-refractivity contribution in [2.75, 3.05) is 0 Å². The summed E-state index contributed by atoms with van der Waals surface area (Å²) in [6.07, 6.45) is 12.0. The highest BCUT2D eigenvalue weighted by Gasteiger charge is 2.31. The molecule has 1 heteroatoms. The topological polar surface area (TPSA) is 17.1 Å². The Morgan fingerprint density at radius 1 is 1.25 bits per heavy atom. The van der Waals surface area contributed by atoms with Crippen LogP contribution < -0.4 is 0 Å². The van der Waals surface area contributed by atoms with Crippen LogP contribution in [0.5, 0.6) is 0 Å². The van der Waals surface area contributed by atoms with Gasteiger partial charge >= 0.3 is 0 Å². The normalized spacial score (nSPS) is 40.5. The smallest absolute Gasteiger partial charge is 0.123 e. The molecule has 0 amide bonds. The Morgan fingerprint density at radius 2 is 2.08 bits per heavy atom. The van der Waals surface area contributed by atoms with Crippen molar-refractivity contribution in [3.63, 3.8) is 0 Å². The van der Waals surface area contributed by atoms with E-state index in [4.69, 9.17) is 0 Å². The Labute approximate surface area is 73.8 Å². The van der Waals surface area contributed by atoms with Gasteiger partial charge in [0.2, 0.25) is 0 Å². The van der Waals surface area contributed by atoms with E-state index < -0.39 is 0 Å². The predicted molar refractivity (Wildman–Crippen MR) is 48.8 cm³/mol. The van der Waals surface area contributed by atoms with E-state index in [1.807, 2.05) is 0 Å². The number of carbonyl (C=O) groups is 1. The van der Waals surface area contributed by atoms with Gasteiger partial charge in [0.05, 0.1) is 0 Å². The summed E-state index contributed by atoms with van der Waals surface area (Å²) < 4.78 is 0. The lowest BCUT2D eigenvalue weighted by Gasteiger charge is -2.35. The molecule has 66 valence electrons. The number of rotatable bonds is 1. The fraction of sp³-hybridized carbons (Fsp3) is 0.727. The first-order valence-electron chi connectivity index (χ1n) is 5.04. The average molecular weight is 164 g/mol. The minimum Gasteiger partial charge on any atom is -0.303 e. The molecule has 0 bridgehead atoms. The molecular formula is C11H16O. The van der Waals surface area contributed by atoms with Crippen molar-refractivity contribution in [2.24, 2.45) is 17.8 Å². The van der Waals surface area contributed by atoms with Crippen LogP contribution in [0, 0.1) is 17.8 Å². The quantitative estimate of drug-likeness (QED) is 0.430. The molecule has 3 unspecified atom stereocenters. The van der Waals surface area contributed by atoms with Gasteiger partial charge in [0, 0.05) is 5.92 Å². The van der Waals surface area contributed by atoms with Crippen LogP contribution >= 0.6 is 0 Å². The highest BCUT2D eigenvalue weighted by Crippen LogP contribution is 2.39. The maximum absolute atomic E-state index is 10.8.